The van der Waals surface area contributed by atoms with Crippen LogP contribution in [0.4, 0.5) is 11.5 Å². The molecule has 1 aliphatic heterocycles. The number of carbonyl (C=O) groups excluding carboxylic acids is 1. The second kappa shape index (κ2) is 12.5. The van der Waals surface area contributed by atoms with Crippen LogP contribution in [-0.4, -0.2) is 66.0 Å². The fraction of sp³-hybridized carbons (Fsp3) is 0.258. The van der Waals surface area contributed by atoms with E-state index in [9.17, 15) is 9.90 Å². The smallest absolute Gasteiger partial charge is 0.276 e. The van der Waals surface area contributed by atoms with Gasteiger partial charge in [0.2, 0.25) is 0 Å². The Balaban J connectivity index is 1.18. The van der Waals surface area contributed by atoms with Crippen LogP contribution in [0.25, 0.3) is 11.1 Å². The van der Waals surface area contributed by atoms with E-state index in [1.165, 1.54) is 0 Å². The fourth-order valence-corrected chi connectivity index (χ4v) is 4.73. The molecule has 0 bridgehead atoms. The van der Waals surface area contributed by atoms with E-state index >= 15 is 0 Å². The molecule has 2 heterocycles. The summed E-state index contributed by atoms with van der Waals surface area (Å²) in [7, 11) is 1.60. The van der Waals surface area contributed by atoms with Crippen molar-refractivity contribution in [2.75, 3.05) is 50.1 Å². The van der Waals surface area contributed by atoms with Gasteiger partial charge >= 0.3 is 0 Å². The zero-order chi connectivity index (χ0) is 27.9. The molecule has 40 heavy (non-hydrogen) atoms. The van der Waals surface area contributed by atoms with Crippen molar-refractivity contribution in [1.29, 1.82) is 0 Å². The van der Waals surface area contributed by atoms with Gasteiger partial charge in [-0.15, -0.1) is 10.2 Å². The van der Waals surface area contributed by atoms with Gasteiger partial charge in [-0.25, -0.2) is 0 Å². The van der Waals surface area contributed by atoms with Crippen LogP contribution in [-0.2, 0) is 6.54 Å². The monoisotopic (exact) mass is 539 g/mol. The summed E-state index contributed by atoms with van der Waals surface area (Å²) in [5.41, 5.74) is 4.04. The summed E-state index contributed by atoms with van der Waals surface area (Å²) in [5.74, 6) is 2.23. The third-order valence-corrected chi connectivity index (χ3v) is 6.79. The Bertz CT molecular complexity index is 1440. The lowest BCUT2D eigenvalue weighted by atomic mass is 10.0. The van der Waals surface area contributed by atoms with Crippen molar-refractivity contribution >= 4 is 17.4 Å². The van der Waals surface area contributed by atoms with Crippen LogP contribution in [0.1, 0.15) is 23.0 Å². The lowest BCUT2D eigenvalue weighted by Crippen LogP contribution is -2.46. The lowest BCUT2D eigenvalue weighted by molar-refractivity contribution is 0.102. The number of benzene rings is 3. The van der Waals surface area contributed by atoms with E-state index in [0.29, 0.717) is 12.3 Å². The predicted octanol–water partition coefficient (Wildman–Crippen LogP) is 4.83. The maximum Gasteiger partial charge on any atom is 0.276 e. The summed E-state index contributed by atoms with van der Waals surface area (Å²) in [6, 6.07) is 24.2. The highest BCUT2D eigenvalue weighted by atomic mass is 16.5. The maximum atomic E-state index is 12.6. The summed E-state index contributed by atoms with van der Waals surface area (Å²) in [6.45, 7) is 6.68. The highest BCUT2D eigenvalue weighted by Gasteiger charge is 2.20. The molecule has 1 amide bonds. The average molecular weight is 540 g/mol. The number of rotatable bonds is 9. The quantitative estimate of drug-likeness (QED) is 0.312. The minimum absolute atomic E-state index is 0.242. The van der Waals surface area contributed by atoms with Gasteiger partial charge in [0.25, 0.3) is 5.91 Å². The number of methoxy groups -OCH3 is 1. The molecule has 3 aromatic carbocycles. The Labute approximate surface area is 234 Å². The number of ether oxygens (including phenoxy) is 2. The van der Waals surface area contributed by atoms with E-state index in [4.69, 9.17) is 9.47 Å². The van der Waals surface area contributed by atoms with Crippen molar-refractivity contribution in [3.63, 3.8) is 0 Å². The zero-order valence-corrected chi connectivity index (χ0v) is 22.7. The number of carbonyl (C=O) groups is 1. The molecule has 0 radical (unpaired) electrons. The minimum Gasteiger partial charge on any atom is -0.508 e. The van der Waals surface area contributed by atoms with Gasteiger partial charge in [0.1, 0.15) is 17.2 Å². The van der Waals surface area contributed by atoms with Crippen molar-refractivity contribution in [3.8, 4) is 28.4 Å². The number of hydrogen-bond acceptors (Lipinski definition) is 8. The zero-order valence-electron chi connectivity index (χ0n) is 22.7. The molecule has 2 N–H and O–H groups in total. The standard InChI is InChI=1S/C31H33N5O4/c1-3-40-28-18-22(17-24(20-28)23-5-4-6-26(37)19-23)21-35-13-15-36(16-14-35)30-12-11-29(33-34-30)31(38)32-25-7-9-27(39-2)10-8-25/h4-12,17-20,37H,3,13-16,21H2,1-2H3,(H,32,38). The minimum atomic E-state index is -0.312. The molecule has 0 saturated carbocycles. The molecule has 0 aliphatic carbocycles. The number of amides is 1. The Kier molecular flexibility index (Phi) is 8.41. The lowest BCUT2D eigenvalue weighted by Gasteiger charge is -2.35. The number of hydrogen-bond donors (Lipinski definition) is 2. The topological polar surface area (TPSA) is 100 Å². The average Bonchev–Trinajstić information content (AvgIpc) is 2.98. The Morgan fingerprint density at radius 1 is 0.900 bits per heavy atom. The first-order chi connectivity index (χ1) is 19.5. The molecule has 4 aromatic rings. The number of anilines is 2. The van der Waals surface area contributed by atoms with E-state index in [1.807, 2.05) is 31.2 Å². The van der Waals surface area contributed by atoms with E-state index in [1.54, 1.807) is 49.6 Å². The molecule has 9 heteroatoms. The number of piperazine rings is 1. The normalized spacial score (nSPS) is 13.6. The molecule has 0 spiro atoms. The third kappa shape index (κ3) is 6.68. The van der Waals surface area contributed by atoms with Gasteiger partial charge in [-0.3, -0.25) is 9.69 Å². The van der Waals surface area contributed by atoms with Crippen molar-refractivity contribution in [2.24, 2.45) is 0 Å². The van der Waals surface area contributed by atoms with Crippen molar-refractivity contribution < 1.29 is 19.4 Å². The highest BCUT2D eigenvalue weighted by Crippen LogP contribution is 2.29. The maximum absolute atomic E-state index is 12.6. The van der Waals surface area contributed by atoms with Gasteiger partial charge in [0.05, 0.1) is 13.7 Å². The second-order valence-electron chi connectivity index (χ2n) is 9.57. The molecule has 0 unspecified atom stereocenters. The summed E-state index contributed by atoms with van der Waals surface area (Å²) < 4.78 is 11.0. The summed E-state index contributed by atoms with van der Waals surface area (Å²) in [4.78, 5) is 17.2. The van der Waals surface area contributed by atoms with Gasteiger partial charge < -0.3 is 24.8 Å². The number of phenols is 1. The molecule has 206 valence electrons. The number of nitrogens with zero attached hydrogens (tertiary/aromatic N) is 4. The summed E-state index contributed by atoms with van der Waals surface area (Å²) >= 11 is 0. The first-order valence-corrected chi connectivity index (χ1v) is 13.3. The van der Waals surface area contributed by atoms with Gasteiger partial charge in [0, 0.05) is 38.4 Å². The summed E-state index contributed by atoms with van der Waals surface area (Å²) in [5, 5.41) is 21.3. The van der Waals surface area contributed by atoms with E-state index in [-0.39, 0.29) is 17.4 Å². The van der Waals surface area contributed by atoms with Crippen LogP contribution in [0.15, 0.2) is 78.9 Å². The molecule has 9 nitrogen and oxygen atoms in total. The molecular formula is C31H33N5O4. The van der Waals surface area contributed by atoms with E-state index in [2.05, 4.69) is 37.4 Å². The molecule has 5 rings (SSSR count). The molecule has 1 aliphatic rings. The van der Waals surface area contributed by atoms with Crippen LogP contribution >= 0.6 is 0 Å². The third-order valence-electron chi connectivity index (χ3n) is 6.79. The number of phenolic OH excluding ortho intramolecular Hbond substituents is 1. The molecule has 1 aromatic heterocycles. The fourth-order valence-electron chi connectivity index (χ4n) is 4.73. The largest absolute Gasteiger partial charge is 0.508 e. The van der Waals surface area contributed by atoms with E-state index < -0.39 is 0 Å². The van der Waals surface area contributed by atoms with Gasteiger partial charge in [-0.1, -0.05) is 12.1 Å². The SMILES string of the molecule is CCOc1cc(CN2CCN(c3ccc(C(=O)Nc4ccc(OC)cc4)nn3)CC2)cc(-c2cccc(O)c2)c1. The molecule has 1 saturated heterocycles. The first kappa shape index (κ1) is 27.0. The Hall–Kier alpha value is -4.63. The molecule has 1 fully saturated rings. The van der Waals surface area contributed by atoms with Gasteiger partial charge in [0.15, 0.2) is 11.5 Å². The molecule has 0 atom stereocenters. The van der Waals surface area contributed by atoms with Crippen LogP contribution < -0.4 is 19.7 Å². The van der Waals surface area contributed by atoms with Crippen LogP contribution in [0.2, 0.25) is 0 Å². The Morgan fingerprint density at radius 2 is 1.70 bits per heavy atom. The Morgan fingerprint density at radius 3 is 2.38 bits per heavy atom. The second-order valence-corrected chi connectivity index (χ2v) is 9.57. The summed E-state index contributed by atoms with van der Waals surface area (Å²) in [6.07, 6.45) is 0. The number of aromatic hydroxyl groups is 1. The number of aromatic nitrogens is 2. The van der Waals surface area contributed by atoms with Crippen molar-refractivity contribution in [3.05, 3.63) is 90.1 Å². The van der Waals surface area contributed by atoms with E-state index in [0.717, 1.165) is 66.7 Å². The van der Waals surface area contributed by atoms with Crippen LogP contribution in [0, 0.1) is 0 Å². The van der Waals surface area contributed by atoms with Crippen LogP contribution in [0.3, 0.4) is 0 Å². The first-order valence-electron chi connectivity index (χ1n) is 13.3. The van der Waals surface area contributed by atoms with Gasteiger partial charge in [-0.05, 0) is 90.3 Å². The van der Waals surface area contributed by atoms with Crippen molar-refractivity contribution in [2.45, 2.75) is 13.5 Å². The molecular weight excluding hydrogens is 506 g/mol. The van der Waals surface area contributed by atoms with Crippen LogP contribution in [0.5, 0.6) is 17.2 Å². The number of nitrogens with one attached hydrogen (secondary N) is 1. The van der Waals surface area contributed by atoms with Crippen molar-refractivity contribution in [1.82, 2.24) is 15.1 Å². The van der Waals surface area contributed by atoms with Gasteiger partial charge in [-0.2, -0.15) is 0 Å². The predicted molar refractivity (Wildman–Crippen MR) is 155 cm³/mol. The highest BCUT2D eigenvalue weighted by molar-refractivity contribution is 6.02.